The third-order valence-corrected chi connectivity index (χ3v) is 3.56. The molecule has 0 bridgehead atoms. The van der Waals surface area contributed by atoms with Gasteiger partial charge in [-0.1, -0.05) is 12.1 Å². The van der Waals surface area contributed by atoms with Gasteiger partial charge in [0.2, 0.25) is 0 Å². The van der Waals surface area contributed by atoms with Gasteiger partial charge in [-0.2, -0.15) is 5.26 Å². The first kappa shape index (κ1) is 13.9. The van der Waals surface area contributed by atoms with Crippen LogP contribution in [-0.2, 0) is 0 Å². The van der Waals surface area contributed by atoms with E-state index in [0.29, 0.717) is 11.4 Å². The lowest BCUT2D eigenvalue weighted by molar-refractivity contribution is 0.727. The van der Waals surface area contributed by atoms with Crippen LogP contribution in [0.15, 0.2) is 36.5 Å². The fraction of sp³-hybridized carbons (Fsp3) is 0.250. The van der Waals surface area contributed by atoms with Gasteiger partial charge in [0.1, 0.15) is 11.9 Å². The van der Waals surface area contributed by atoms with Gasteiger partial charge >= 0.3 is 0 Å². The second kappa shape index (κ2) is 5.62. The molecule has 1 heterocycles. The number of anilines is 2. The summed E-state index contributed by atoms with van der Waals surface area (Å²) in [5.41, 5.74) is 9.21. The summed E-state index contributed by atoms with van der Waals surface area (Å²) in [4.78, 5) is 6.35. The molecule has 0 spiro atoms. The third-order valence-electron chi connectivity index (χ3n) is 3.56. The smallest absolute Gasteiger partial charge is 0.146 e. The number of rotatable bonds is 3. The van der Waals surface area contributed by atoms with Crippen molar-refractivity contribution in [3.63, 3.8) is 0 Å². The monoisotopic (exact) mass is 266 g/mol. The number of aryl methyl sites for hydroxylation is 1. The minimum Gasteiger partial charge on any atom is -0.399 e. The van der Waals surface area contributed by atoms with Gasteiger partial charge in [-0.15, -0.1) is 0 Å². The van der Waals surface area contributed by atoms with Gasteiger partial charge in [0.25, 0.3) is 0 Å². The minimum absolute atomic E-state index is 0.0832. The van der Waals surface area contributed by atoms with Crippen LogP contribution >= 0.6 is 0 Å². The van der Waals surface area contributed by atoms with Crippen molar-refractivity contribution in [2.75, 3.05) is 17.7 Å². The summed E-state index contributed by atoms with van der Waals surface area (Å²) in [6.07, 6.45) is 1.73. The number of hydrogen-bond donors (Lipinski definition) is 1. The third kappa shape index (κ3) is 2.57. The molecule has 2 N–H and O–H groups in total. The molecule has 20 heavy (non-hydrogen) atoms. The molecule has 1 aromatic heterocycles. The van der Waals surface area contributed by atoms with Gasteiger partial charge < -0.3 is 10.6 Å². The summed E-state index contributed by atoms with van der Waals surface area (Å²) in [7, 11) is 1.94. The lowest BCUT2D eigenvalue weighted by Gasteiger charge is -2.27. The number of nitrogen functional groups attached to an aromatic ring is 1. The van der Waals surface area contributed by atoms with Crippen LogP contribution in [0.3, 0.4) is 0 Å². The number of benzene rings is 1. The predicted octanol–water partition coefficient (Wildman–Crippen LogP) is 3.04. The number of nitrogens with two attached hydrogens (primary N) is 1. The SMILES string of the molecule is Cc1ccnc(N(C)C(C)c2cccc(N)c2)c1C#N. The first-order valence-corrected chi connectivity index (χ1v) is 6.48. The van der Waals surface area contributed by atoms with Gasteiger partial charge in [0.15, 0.2) is 0 Å². The van der Waals surface area contributed by atoms with E-state index in [-0.39, 0.29) is 6.04 Å². The number of aromatic nitrogens is 1. The molecule has 1 atom stereocenters. The van der Waals surface area contributed by atoms with Crippen molar-refractivity contribution in [2.24, 2.45) is 0 Å². The maximum atomic E-state index is 9.31. The molecule has 0 amide bonds. The van der Waals surface area contributed by atoms with Crippen molar-refractivity contribution >= 4 is 11.5 Å². The summed E-state index contributed by atoms with van der Waals surface area (Å²) in [6, 6.07) is 11.9. The summed E-state index contributed by atoms with van der Waals surface area (Å²) in [5.74, 6) is 0.697. The normalized spacial score (nSPS) is 11.7. The average molecular weight is 266 g/mol. The van der Waals surface area contributed by atoms with Crippen LogP contribution in [0.2, 0.25) is 0 Å². The molecule has 2 aromatic rings. The van der Waals surface area contributed by atoms with Crippen LogP contribution < -0.4 is 10.6 Å². The van der Waals surface area contributed by atoms with Crippen molar-refractivity contribution in [1.29, 1.82) is 5.26 Å². The van der Waals surface area contributed by atoms with Crippen molar-refractivity contribution in [2.45, 2.75) is 19.9 Å². The van der Waals surface area contributed by atoms with Crippen LogP contribution in [0.5, 0.6) is 0 Å². The Morgan fingerprint density at radius 1 is 1.35 bits per heavy atom. The molecule has 0 fully saturated rings. The molecule has 0 aliphatic carbocycles. The van der Waals surface area contributed by atoms with Crippen LogP contribution in [0.4, 0.5) is 11.5 Å². The van der Waals surface area contributed by atoms with E-state index in [4.69, 9.17) is 5.73 Å². The molecular formula is C16H18N4. The largest absolute Gasteiger partial charge is 0.399 e. The fourth-order valence-corrected chi connectivity index (χ4v) is 2.18. The van der Waals surface area contributed by atoms with Crippen LogP contribution in [0.25, 0.3) is 0 Å². The quantitative estimate of drug-likeness (QED) is 0.867. The average Bonchev–Trinajstić information content (AvgIpc) is 2.45. The lowest BCUT2D eigenvalue weighted by atomic mass is 10.1. The van der Waals surface area contributed by atoms with Gasteiger partial charge in [-0.3, -0.25) is 0 Å². The highest BCUT2D eigenvalue weighted by molar-refractivity contribution is 5.58. The molecule has 1 unspecified atom stereocenters. The molecular weight excluding hydrogens is 248 g/mol. The molecule has 0 aliphatic heterocycles. The van der Waals surface area contributed by atoms with E-state index < -0.39 is 0 Å². The highest BCUT2D eigenvalue weighted by Crippen LogP contribution is 2.28. The zero-order valence-electron chi connectivity index (χ0n) is 12.0. The second-order valence-electron chi connectivity index (χ2n) is 4.90. The number of nitrogens with zero attached hydrogens (tertiary/aromatic N) is 3. The van der Waals surface area contributed by atoms with E-state index in [1.54, 1.807) is 6.20 Å². The second-order valence-corrected chi connectivity index (χ2v) is 4.90. The fourth-order valence-electron chi connectivity index (χ4n) is 2.18. The number of nitriles is 1. The summed E-state index contributed by atoms with van der Waals surface area (Å²) in [6.45, 7) is 3.99. The Balaban J connectivity index is 2.39. The Labute approximate surface area is 119 Å². The number of pyridine rings is 1. The Kier molecular flexibility index (Phi) is 3.90. The van der Waals surface area contributed by atoms with Crippen molar-refractivity contribution in [3.8, 4) is 6.07 Å². The topological polar surface area (TPSA) is 65.9 Å². The highest BCUT2D eigenvalue weighted by atomic mass is 15.2. The van der Waals surface area contributed by atoms with Gasteiger partial charge in [0.05, 0.1) is 11.6 Å². The zero-order chi connectivity index (χ0) is 14.7. The summed E-state index contributed by atoms with van der Waals surface area (Å²) >= 11 is 0. The molecule has 2 rings (SSSR count). The molecule has 0 saturated carbocycles. The van der Waals surface area contributed by atoms with Crippen molar-refractivity contribution in [1.82, 2.24) is 4.98 Å². The Morgan fingerprint density at radius 2 is 2.10 bits per heavy atom. The highest BCUT2D eigenvalue weighted by Gasteiger charge is 2.17. The Morgan fingerprint density at radius 3 is 2.75 bits per heavy atom. The first-order chi connectivity index (χ1) is 9.54. The molecule has 0 aliphatic rings. The van der Waals surface area contributed by atoms with E-state index in [1.165, 1.54) is 0 Å². The van der Waals surface area contributed by atoms with Crippen molar-refractivity contribution < 1.29 is 0 Å². The van der Waals surface area contributed by atoms with E-state index in [0.717, 1.165) is 16.8 Å². The lowest BCUT2D eigenvalue weighted by Crippen LogP contribution is -2.24. The van der Waals surface area contributed by atoms with Crippen LogP contribution in [-0.4, -0.2) is 12.0 Å². The van der Waals surface area contributed by atoms with E-state index in [9.17, 15) is 5.26 Å². The maximum absolute atomic E-state index is 9.31. The van der Waals surface area contributed by atoms with Crippen LogP contribution in [0, 0.1) is 18.3 Å². The number of hydrogen-bond acceptors (Lipinski definition) is 4. The molecule has 102 valence electrons. The standard InChI is InChI=1S/C16H18N4/c1-11-7-8-19-16(15(11)10-17)20(3)12(2)13-5-4-6-14(18)9-13/h4-9,12H,18H2,1-3H3. The van der Waals surface area contributed by atoms with Gasteiger partial charge in [-0.25, -0.2) is 4.98 Å². The van der Waals surface area contributed by atoms with E-state index in [1.807, 2.05) is 49.2 Å². The Hall–Kier alpha value is -2.54. The van der Waals surface area contributed by atoms with Crippen molar-refractivity contribution in [3.05, 3.63) is 53.2 Å². The maximum Gasteiger partial charge on any atom is 0.146 e. The first-order valence-electron chi connectivity index (χ1n) is 6.48. The molecule has 0 radical (unpaired) electrons. The predicted molar refractivity (Wildman–Crippen MR) is 81.4 cm³/mol. The zero-order valence-corrected chi connectivity index (χ0v) is 12.0. The Bertz CT molecular complexity index is 658. The van der Waals surface area contributed by atoms with Crippen LogP contribution in [0.1, 0.15) is 29.7 Å². The summed E-state index contributed by atoms with van der Waals surface area (Å²) in [5, 5.41) is 9.31. The van der Waals surface area contributed by atoms with Gasteiger partial charge in [0, 0.05) is 18.9 Å². The molecule has 0 saturated heterocycles. The van der Waals surface area contributed by atoms with E-state index >= 15 is 0 Å². The molecule has 1 aromatic carbocycles. The molecule has 4 nitrogen and oxygen atoms in total. The summed E-state index contributed by atoms with van der Waals surface area (Å²) < 4.78 is 0. The minimum atomic E-state index is 0.0832. The van der Waals surface area contributed by atoms with E-state index in [2.05, 4.69) is 18.0 Å². The molecule has 4 heteroatoms. The van der Waals surface area contributed by atoms with Gasteiger partial charge in [-0.05, 0) is 43.2 Å².